The fourth-order valence-corrected chi connectivity index (χ4v) is 6.51. The molecule has 0 aliphatic heterocycles. The highest BCUT2D eigenvalue weighted by molar-refractivity contribution is 7.89. The summed E-state index contributed by atoms with van der Waals surface area (Å²) < 4.78 is 38.4. The van der Waals surface area contributed by atoms with E-state index in [-0.39, 0.29) is 5.69 Å². The molecule has 2 saturated carbocycles. The number of carbonyl (C=O) groups is 1. The number of rotatable bonds is 8. The number of sulfonamides is 1. The molecule has 0 spiro atoms. The Labute approximate surface area is 241 Å². The zero-order valence-electron chi connectivity index (χ0n) is 22.1. The highest BCUT2D eigenvalue weighted by Crippen LogP contribution is 2.42. The number of benzene rings is 2. The van der Waals surface area contributed by atoms with Crippen LogP contribution < -0.4 is 5.14 Å². The van der Waals surface area contributed by atoms with Crippen LogP contribution in [0.15, 0.2) is 52.7 Å². The van der Waals surface area contributed by atoms with E-state index in [1.165, 1.54) is 35.3 Å². The quantitative estimate of drug-likeness (QED) is 0.218. The van der Waals surface area contributed by atoms with Gasteiger partial charge in [-0.2, -0.15) is 0 Å². The fourth-order valence-electron chi connectivity index (χ4n) is 5.10. The normalized spacial score (nSPS) is 15.3. The summed E-state index contributed by atoms with van der Waals surface area (Å²) >= 11 is 1.26. The van der Waals surface area contributed by atoms with Gasteiger partial charge in [-0.05, 0) is 91.0 Å². The Morgan fingerprint density at radius 3 is 2.56 bits per heavy atom. The number of primary sulfonamides is 1. The van der Waals surface area contributed by atoms with Crippen molar-refractivity contribution in [1.82, 2.24) is 9.97 Å². The number of hydrogen-bond acceptors (Lipinski definition) is 5. The van der Waals surface area contributed by atoms with Crippen molar-refractivity contribution in [3.8, 4) is 33.8 Å². The van der Waals surface area contributed by atoms with E-state index < -0.39 is 26.7 Å². The van der Waals surface area contributed by atoms with Crippen LogP contribution in [0.2, 0.25) is 0 Å². The first-order chi connectivity index (χ1) is 19.7. The number of carboxylic acid groups (broad SMARTS) is 1. The van der Waals surface area contributed by atoms with Crippen LogP contribution in [0.4, 0.5) is 4.39 Å². The lowest BCUT2D eigenvalue weighted by atomic mass is 9.86. The Morgan fingerprint density at radius 1 is 1.12 bits per heavy atom. The number of aromatic nitrogens is 2. The van der Waals surface area contributed by atoms with Gasteiger partial charge in [0.05, 0.1) is 5.69 Å². The van der Waals surface area contributed by atoms with Crippen LogP contribution in [0.3, 0.4) is 0 Å². The fraction of sp³-hybridized carbons (Fsp3) is 0.290. The van der Waals surface area contributed by atoms with Gasteiger partial charge in [-0.25, -0.2) is 27.7 Å². The highest BCUT2D eigenvalue weighted by Gasteiger charge is 2.29. The van der Waals surface area contributed by atoms with Crippen molar-refractivity contribution >= 4 is 27.3 Å². The molecule has 0 radical (unpaired) electrons. The summed E-state index contributed by atoms with van der Waals surface area (Å²) in [5.74, 6) is 5.62. The van der Waals surface area contributed by atoms with E-state index >= 15 is 0 Å². The number of aromatic carboxylic acids is 1. The molecule has 2 aliphatic carbocycles. The second kappa shape index (κ2) is 10.9. The molecule has 2 aromatic heterocycles. The molecule has 2 aromatic carbocycles. The van der Waals surface area contributed by atoms with Gasteiger partial charge in [-0.1, -0.05) is 36.5 Å². The highest BCUT2D eigenvalue weighted by atomic mass is 32.2. The van der Waals surface area contributed by atoms with Crippen molar-refractivity contribution in [2.45, 2.75) is 49.8 Å². The number of aromatic amines is 1. The Balaban J connectivity index is 1.48. The van der Waals surface area contributed by atoms with Gasteiger partial charge in [0, 0.05) is 22.6 Å². The van der Waals surface area contributed by atoms with Crippen molar-refractivity contribution in [2.24, 2.45) is 17.0 Å². The summed E-state index contributed by atoms with van der Waals surface area (Å²) in [6, 6.07) is 11.9. The second-order valence-electron chi connectivity index (χ2n) is 10.8. The first-order valence-corrected chi connectivity index (χ1v) is 15.9. The van der Waals surface area contributed by atoms with Gasteiger partial charge in [-0.3, -0.25) is 0 Å². The van der Waals surface area contributed by atoms with Gasteiger partial charge >= 0.3 is 5.97 Å². The molecular formula is C31H28FN3O4S2. The van der Waals surface area contributed by atoms with E-state index in [0.29, 0.717) is 28.8 Å². The van der Waals surface area contributed by atoms with Crippen molar-refractivity contribution in [1.29, 1.82) is 0 Å². The smallest absolute Gasteiger partial charge is 0.355 e. The predicted molar refractivity (Wildman–Crippen MR) is 156 cm³/mol. The van der Waals surface area contributed by atoms with Gasteiger partial charge in [0.1, 0.15) is 15.7 Å². The molecule has 7 nitrogen and oxygen atoms in total. The maximum atomic E-state index is 14.8. The Morgan fingerprint density at radius 2 is 1.93 bits per heavy atom. The van der Waals surface area contributed by atoms with Crippen molar-refractivity contribution < 1.29 is 22.7 Å². The average Bonchev–Trinajstić information content (AvgIpc) is 3.45. The third-order valence-electron chi connectivity index (χ3n) is 7.71. The van der Waals surface area contributed by atoms with Crippen LogP contribution >= 0.6 is 11.3 Å². The molecule has 4 N–H and O–H groups in total. The van der Waals surface area contributed by atoms with Crippen LogP contribution in [0, 0.1) is 29.5 Å². The molecule has 0 unspecified atom stereocenters. The van der Waals surface area contributed by atoms with Crippen molar-refractivity contribution in [2.75, 3.05) is 0 Å². The first kappa shape index (κ1) is 27.4. The Hall–Kier alpha value is -3.78. The first-order valence-electron chi connectivity index (χ1n) is 13.5. The third-order valence-corrected chi connectivity index (χ3v) is 9.51. The summed E-state index contributed by atoms with van der Waals surface area (Å²) in [6.07, 6.45) is 6.77. The standard InChI is InChI=1S/C31H28FN3O4S2/c32-25-16-21(11-12-27(25)41(33,38)39)15-23-24(14-20-9-10-20)29(30-34-26(17-40-30)31(36)37)35-28(23)22-6-2-5-19(13-22)8-7-18-3-1-4-18/h2,5-6,11-13,16-18,20,35H,1,3-4,9-10,14-15H2,(H,36,37)(H2,33,38,39). The third kappa shape index (κ3) is 5.98. The van der Waals surface area contributed by atoms with Crippen LogP contribution in [-0.4, -0.2) is 29.5 Å². The number of H-pyrrole nitrogens is 1. The second-order valence-corrected chi connectivity index (χ2v) is 13.2. The largest absolute Gasteiger partial charge is 0.476 e. The lowest BCUT2D eigenvalue weighted by Gasteiger charge is -2.18. The summed E-state index contributed by atoms with van der Waals surface area (Å²) in [7, 11) is -4.19. The minimum absolute atomic E-state index is 0.0195. The van der Waals surface area contributed by atoms with Gasteiger partial charge in [-0.15, -0.1) is 11.3 Å². The summed E-state index contributed by atoms with van der Waals surface area (Å²) in [6.45, 7) is 0. The van der Waals surface area contributed by atoms with Gasteiger partial charge < -0.3 is 10.1 Å². The van der Waals surface area contributed by atoms with Crippen LogP contribution in [0.5, 0.6) is 0 Å². The lowest BCUT2D eigenvalue weighted by Crippen LogP contribution is -2.14. The molecule has 10 heteroatoms. The molecule has 0 amide bonds. The van der Waals surface area contributed by atoms with Crippen molar-refractivity contribution in [3.05, 3.63) is 81.6 Å². The number of nitrogens with one attached hydrogen (secondary N) is 1. The molecule has 0 atom stereocenters. The molecule has 4 aromatic rings. The van der Waals surface area contributed by atoms with E-state index in [2.05, 4.69) is 21.8 Å². The van der Waals surface area contributed by atoms with E-state index in [4.69, 9.17) is 5.14 Å². The van der Waals surface area contributed by atoms with Gasteiger partial charge in [0.2, 0.25) is 10.0 Å². The maximum absolute atomic E-state index is 14.8. The molecule has 6 rings (SSSR count). The Bertz CT molecular complexity index is 1820. The number of nitrogens with zero attached hydrogens (tertiary/aromatic N) is 1. The summed E-state index contributed by atoms with van der Waals surface area (Å²) in [5.41, 5.74) is 5.89. The van der Waals surface area contributed by atoms with Gasteiger partial charge in [0.15, 0.2) is 5.69 Å². The number of hydrogen-bond donors (Lipinski definition) is 3. The van der Waals surface area contributed by atoms with Crippen LogP contribution in [0.25, 0.3) is 22.0 Å². The molecule has 210 valence electrons. The van der Waals surface area contributed by atoms with Crippen molar-refractivity contribution in [3.63, 3.8) is 0 Å². The van der Waals surface area contributed by atoms with Crippen LogP contribution in [-0.2, 0) is 22.9 Å². The van der Waals surface area contributed by atoms with E-state index in [9.17, 15) is 22.7 Å². The monoisotopic (exact) mass is 589 g/mol. The molecule has 0 bridgehead atoms. The van der Waals surface area contributed by atoms with E-state index in [0.717, 1.165) is 65.7 Å². The van der Waals surface area contributed by atoms with Crippen LogP contribution in [0.1, 0.15) is 64.8 Å². The minimum Gasteiger partial charge on any atom is -0.476 e. The Kier molecular flexibility index (Phi) is 7.28. The summed E-state index contributed by atoms with van der Waals surface area (Å²) in [4.78, 5) is 19.0. The number of carboxylic acids is 1. The molecule has 41 heavy (non-hydrogen) atoms. The molecule has 2 fully saturated rings. The van der Waals surface area contributed by atoms with Gasteiger partial charge in [0.25, 0.3) is 0 Å². The minimum atomic E-state index is -4.19. The zero-order chi connectivity index (χ0) is 28.7. The molecule has 0 saturated heterocycles. The molecule has 2 aliphatic rings. The average molecular weight is 590 g/mol. The number of nitrogens with two attached hydrogens (primary N) is 1. The SMILES string of the molecule is NS(=O)(=O)c1ccc(Cc2c(-c3cccc(C#CC4CCC4)c3)[nH]c(-c3nc(C(=O)O)cs3)c2CC2CC2)cc1F. The maximum Gasteiger partial charge on any atom is 0.355 e. The topological polar surface area (TPSA) is 126 Å². The van der Waals surface area contributed by atoms with E-state index in [1.54, 1.807) is 6.07 Å². The molecular weight excluding hydrogens is 561 g/mol. The lowest BCUT2D eigenvalue weighted by molar-refractivity contribution is 0.0691. The number of thiazole rings is 1. The number of halogens is 1. The molecule has 2 heterocycles. The van der Waals surface area contributed by atoms with E-state index in [1.807, 2.05) is 24.3 Å². The summed E-state index contributed by atoms with van der Waals surface area (Å²) in [5, 5.41) is 16.8. The predicted octanol–water partition coefficient (Wildman–Crippen LogP) is 5.98. The zero-order valence-corrected chi connectivity index (χ0v) is 23.7.